The molecule has 1 fully saturated rings. The molecule has 8 heterocycles. The highest BCUT2D eigenvalue weighted by molar-refractivity contribution is 7.99. The maximum Gasteiger partial charge on any atom is 0.407 e. The molecule has 1 aliphatic rings. The quantitative estimate of drug-likeness (QED) is 0.0259. The lowest BCUT2D eigenvalue weighted by atomic mass is 9.80. The zero-order chi connectivity index (χ0) is 62.8. The Morgan fingerprint density at radius 3 is 1.47 bits per heavy atom. The van der Waals surface area contributed by atoms with E-state index in [2.05, 4.69) is 35.6 Å². The third kappa shape index (κ3) is 15.5. The van der Waals surface area contributed by atoms with Gasteiger partial charge in [-0.15, -0.1) is 23.5 Å². The molecule has 0 radical (unpaired) electrons. The second kappa shape index (κ2) is 30.0. The van der Waals surface area contributed by atoms with Crippen molar-refractivity contribution in [3.8, 4) is 57.1 Å². The number of H-pyrrole nitrogens is 1. The summed E-state index contributed by atoms with van der Waals surface area (Å²) in [7, 11) is 3.18. The van der Waals surface area contributed by atoms with Crippen LogP contribution in [0, 0.1) is 0 Å². The largest absolute Gasteiger partial charge is 0.497 e. The number of aromatic nitrogens is 8. The summed E-state index contributed by atoms with van der Waals surface area (Å²) in [5.74, 6) is 2.46. The lowest BCUT2D eigenvalue weighted by molar-refractivity contribution is -0.159. The maximum absolute atomic E-state index is 14.2. The molecule has 1 aliphatic heterocycles. The number of carbonyl (C=O) groups excluding carboxylic acids is 2. The monoisotopic (exact) mass is 1260 g/mol. The first-order valence-electron chi connectivity index (χ1n) is 29.4. The number of hydrogen-bond acceptors (Lipinski definition) is 18. The Morgan fingerprint density at radius 1 is 0.582 bits per heavy atom. The number of alkyl carbamates (subject to hydrolysis) is 2. The summed E-state index contributed by atoms with van der Waals surface area (Å²) in [6.45, 7) is -0.366. The van der Waals surface area contributed by atoms with E-state index in [1.165, 1.54) is 6.20 Å². The fourth-order valence-corrected chi connectivity index (χ4v) is 12.3. The number of hydrogen-bond donors (Lipinski definition) is 3. The molecule has 3 aromatic carbocycles. The highest BCUT2D eigenvalue weighted by Crippen LogP contribution is 2.44. The first-order chi connectivity index (χ1) is 44.6. The number of carbonyl (C=O) groups is 2. The third-order valence-corrected chi connectivity index (χ3v) is 17.0. The number of nitrogens with zero attached hydrogens (tertiary/aromatic N) is 7. The van der Waals surface area contributed by atoms with Crippen LogP contribution in [-0.4, -0.2) is 116 Å². The number of aromatic amines is 1. The SMILES string of the molecule is COc1ccc(C(OC[C@H]2O[C@@](COC(=O)NCCCSc3cc(-c4ccccn4)nc(-c4ccccn4)c3)(n3ccc(=O)[nH]c3=O)C[C@@H]2OC(=O)NCCCSc2cc(-c3ccccn3)nc(-c3ccccn3)c2)(c2ccccc2)c2ccc(OC)cc2)cc1. The van der Waals surface area contributed by atoms with Crippen LogP contribution in [-0.2, 0) is 30.3 Å². The number of ether oxygens (including phenoxy) is 6. The van der Waals surface area contributed by atoms with Gasteiger partial charge in [0.1, 0.15) is 35.9 Å². The summed E-state index contributed by atoms with van der Waals surface area (Å²) < 4.78 is 38.9. The third-order valence-electron chi connectivity index (χ3n) is 14.9. The molecular formula is C69H64N10O10S2. The van der Waals surface area contributed by atoms with Crippen LogP contribution < -0.4 is 31.4 Å². The summed E-state index contributed by atoms with van der Waals surface area (Å²) in [6, 6.07) is 56.4. The Bertz CT molecular complexity index is 3980. The van der Waals surface area contributed by atoms with Gasteiger partial charge in [-0.05, 0) is 138 Å². The van der Waals surface area contributed by atoms with Gasteiger partial charge in [-0.1, -0.05) is 78.9 Å². The van der Waals surface area contributed by atoms with E-state index in [1.54, 1.807) is 62.5 Å². The molecule has 462 valence electrons. The Morgan fingerprint density at radius 2 is 1.03 bits per heavy atom. The smallest absolute Gasteiger partial charge is 0.407 e. The van der Waals surface area contributed by atoms with Crippen molar-refractivity contribution in [1.82, 2.24) is 50.1 Å². The molecule has 22 heteroatoms. The van der Waals surface area contributed by atoms with Crippen molar-refractivity contribution in [2.24, 2.45) is 0 Å². The van der Waals surface area contributed by atoms with Gasteiger partial charge < -0.3 is 39.1 Å². The van der Waals surface area contributed by atoms with Crippen molar-refractivity contribution in [1.29, 1.82) is 0 Å². The van der Waals surface area contributed by atoms with E-state index in [4.69, 9.17) is 38.4 Å². The van der Waals surface area contributed by atoms with E-state index in [9.17, 15) is 19.2 Å². The van der Waals surface area contributed by atoms with Crippen molar-refractivity contribution in [3.63, 3.8) is 0 Å². The number of methoxy groups -OCH3 is 2. The van der Waals surface area contributed by atoms with E-state index in [1.807, 2.05) is 176 Å². The fraction of sp³-hybridized carbons (Fsp3) is 0.217. The number of pyridine rings is 6. The average Bonchev–Trinajstić information content (AvgIpc) is 1.73. The number of rotatable bonds is 26. The molecule has 10 aromatic rings. The summed E-state index contributed by atoms with van der Waals surface area (Å²) in [6.07, 6.45) is 5.16. The van der Waals surface area contributed by atoms with Gasteiger partial charge in [0.05, 0.1) is 66.4 Å². The zero-order valence-corrected chi connectivity index (χ0v) is 51.4. The molecule has 2 amide bonds. The van der Waals surface area contributed by atoms with Crippen LogP contribution in [0.5, 0.6) is 11.5 Å². The van der Waals surface area contributed by atoms with E-state index in [-0.39, 0.29) is 26.1 Å². The van der Waals surface area contributed by atoms with Crippen molar-refractivity contribution in [2.45, 2.75) is 52.6 Å². The van der Waals surface area contributed by atoms with Gasteiger partial charge >= 0.3 is 17.9 Å². The van der Waals surface area contributed by atoms with Gasteiger partial charge in [-0.3, -0.25) is 34.3 Å². The Hall–Kier alpha value is -10.0. The highest BCUT2D eigenvalue weighted by atomic mass is 32.2. The minimum atomic E-state index is -1.86. The molecule has 0 saturated carbocycles. The molecule has 20 nitrogen and oxygen atoms in total. The van der Waals surface area contributed by atoms with Crippen LogP contribution in [0.4, 0.5) is 9.59 Å². The van der Waals surface area contributed by atoms with Gasteiger partial charge in [-0.2, -0.15) is 0 Å². The van der Waals surface area contributed by atoms with Crippen LogP contribution in [0.2, 0.25) is 0 Å². The standard InChI is InChI=1S/C69H64N10O10S2/c1-84-50-26-22-48(23-27-50)69(47-16-4-3-5-17-47,49-24-28-51(85-2)29-25-49)87-45-63-62(88-67(83)75-36-15-39-91-53-42-60(56-20-8-12-33-72-56)77-61(43-53)57-21-9-13-34-73-57)44-68(89-63,79-37-30-64(80)78-65(79)81)46-86-66(82)74-35-14-38-90-52-40-58(54-18-6-10-31-70-54)76-59(41-52)55-19-7-11-32-71-55/h3-13,16-34,37,40-43,62-63H,14-15,35-36,38-39,44-46H2,1-2H3,(H,74,82)(H,75,83)(H,78,80,81)/t62-,63+,68-/m0/s1. The lowest BCUT2D eigenvalue weighted by Gasteiger charge is -2.37. The van der Waals surface area contributed by atoms with Crippen LogP contribution in [0.3, 0.4) is 0 Å². The van der Waals surface area contributed by atoms with E-state index in [0.29, 0.717) is 69.7 Å². The lowest BCUT2D eigenvalue weighted by Crippen LogP contribution is -2.48. The highest BCUT2D eigenvalue weighted by Gasteiger charge is 2.53. The van der Waals surface area contributed by atoms with E-state index >= 15 is 0 Å². The van der Waals surface area contributed by atoms with Crippen molar-refractivity contribution >= 4 is 35.7 Å². The summed E-state index contributed by atoms with van der Waals surface area (Å²) in [5.41, 5.74) is 3.13. The number of amides is 2. The van der Waals surface area contributed by atoms with Crippen LogP contribution >= 0.6 is 23.5 Å². The molecule has 0 aliphatic carbocycles. The van der Waals surface area contributed by atoms with Gasteiger partial charge in [-0.25, -0.2) is 24.4 Å². The molecule has 3 atom stereocenters. The maximum atomic E-state index is 14.2. The summed E-state index contributed by atoms with van der Waals surface area (Å²) >= 11 is 3.18. The zero-order valence-electron chi connectivity index (χ0n) is 49.8. The first-order valence-corrected chi connectivity index (χ1v) is 31.3. The van der Waals surface area contributed by atoms with Crippen LogP contribution in [0.15, 0.2) is 232 Å². The molecular weight excluding hydrogens is 1190 g/mol. The van der Waals surface area contributed by atoms with Crippen molar-refractivity contribution < 1.29 is 38.0 Å². The van der Waals surface area contributed by atoms with E-state index < -0.39 is 53.6 Å². The van der Waals surface area contributed by atoms with Crippen LogP contribution in [0.1, 0.15) is 36.0 Å². The molecule has 7 aromatic heterocycles. The fourth-order valence-electron chi connectivity index (χ4n) is 10.5. The second-order valence-electron chi connectivity index (χ2n) is 20.9. The van der Waals surface area contributed by atoms with Crippen LogP contribution in [0.25, 0.3) is 45.6 Å². The molecule has 0 spiro atoms. The predicted octanol–water partition coefficient (Wildman–Crippen LogP) is 11.2. The molecule has 0 bridgehead atoms. The molecule has 3 N–H and O–H groups in total. The van der Waals surface area contributed by atoms with Gasteiger partial charge in [0.15, 0.2) is 5.72 Å². The Labute approximate surface area is 533 Å². The van der Waals surface area contributed by atoms with E-state index in [0.717, 1.165) is 48.8 Å². The Kier molecular flexibility index (Phi) is 20.6. The topological polar surface area (TPSA) is 246 Å². The normalized spacial score (nSPS) is 15.3. The number of nitrogens with one attached hydrogen (secondary N) is 3. The predicted molar refractivity (Wildman–Crippen MR) is 347 cm³/mol. The number of benzene rings is 3. The number of thioether (sulfide) groups is 2. The van der Waals surface area contributed by atoms with Gasteiger partial charge in [0, 0.05) is 66.4 Å². The molecule has 11 rings (SSSR count). The average molecular weight is 1260 g/mol. The minimum Gasteiger partial charge on any atom is -0.497 e. The van der Waals surface area contributed by atoms with Crippen molar-refractivity contribution in [2.75, 3.05) is 52.0 Å². The van der Waals surface area contributed by atoms with Gasteiger partial charge in [0.25, 0.3) is 5.56 Å². The second-order valence-corrected chi connectivity index (χ2v) is 23.2. The molecule has 0 unspecified atom stereocenters. The molecule has 1 saturated heterocycles. The first kappa shape index (κ1) is 62.6. The Balaban J connectivity index is 0.829. The van der Waals surface area contributed by atoms with Gasteiger partial charge in [0.2, 0.25) is 0 Å². The molecule has 91 heavy (non-hydrogen) atoms. The minimum absolute atomic E-state index is 0.226. The summed E-state index contributed by atoms with van der Waals surface area (Å²) in [5, 5.41) is 5.75. The van der Waals surface area contributed by atoms with Crippen molar-refractivity contribution in [3.05, 3.63) is 251 Å². The summed E-state index contributed by atoms with van der Waals surface area (Å²) in [4.78, 5) is 86.8.